The number of halogens is 1. The second-order valence-corrected chi connectivity index (χ2v) is 7.00. The molecule has 1 aromatic heterocycles. The number of nitrogen functional groups attached to an aromatic ring is 1. The second kappa shape index (κ2) is 8.76. The molecule has 0 aliphatic carbocycles. The Kier molecular flexibility index (Phi) is 5.72. The molecule has 0 fully saturated rings. The molecule has 156 valence electrons. The van der Waals surface area contributed by atoms with Gasteiger partial charge >= 0.3 is 0 Å². The second-order valence-electron chi connectivity index (χ2n) is 6.56. The largest absolute Gasteiger partial charge is 0.495 e. The molecule has 1 amide bonds. The molecule has 0 spiro atoms. The van der Waals surface area contributed by atoms with Crippen LogP contribution in [-0.2, 0) is 0 Å². The number of hydrogen-bond acceptors (Lipinski definition) is 7. The number of nitrogens with zero attached hydrogens (tertiary/aromatic N) is 2. The van der Waals surface area contributed by atoms with Gasteiger partial charge in [0.25, 0.3) is 5.91 Å². The molecule has 5 N–H and O–H groups in total. The Balaban J connectivity index is 1.54. The fraction of sp³-hybridized carbons (Fsp3) is 0.0455. The van der Waals surface area contributed by atoms with E-state index in [9.17, 15) is 4.79 Å². The lowest BCUT2D eigenvalue weighted by atomic mass is 10.0. The molecular weight excluding hydrogens is 416 g/mol. The Bertz CT molecular complexity index is 1260. The molecule has 4 rings (SSSR count). The maximum absolute atomic E-state index is 12.7. The number of nitrogens with two attached hydrogens (primary N) is 1. The summed E-state index contributed by atoms with van der Waals surface area (Å²) in [5, 5.41) is 5.42. The van der Waals surface area contributed by atoms with Gasteiger partial charge in [-0.1, -0.05) is 48.0 Å². The third-order valence-corrected chi connectivity index (χ3v) is 4.86. The summed E-state index contributed by atoms with van der Waals surface area (Å²) in [4.78, 5) is 21.0. The van der Waals surface area contributed by atoms with Crippen LogP contribution < -0.4 is 26.6 Å². The van der Waals surface area contributed by atoms with E-state index in [1.807, 2.05) is 36.4 Å². The Morgan fingerprint density at radius 3 is 2.65 bits per heavy atom. The molecule has 9 heteroatoms. The maximum Gasteiger partial charge on any atom is 0.270 e. The summed E-state index contributed by atoms with van der Waals surface area (Å²) in [6.07, 6.45) is 1.32. The van der Waals surface area contributed by atoms with Crippen LogP contribution in [0.4, 0.5) is 23.0 Å². The van der Waals surface area contributed by atoms with Crippen molar-refractivity contribution >= 4 is 51.3 Å². The average Bonchev–Trinajstić information content (AvgIpc) is 2.79. The lowest BCUT2D eigenvalue weighted by Crippen LogP contribution is -2.30. The summed E-state index contributed by atoms with van der Waals surface area (Å²) < 4.78 is 5.33. The van der Waals surface area contributed by atoms with Crippen LogP contribution in [0.15, 0.2) is 67.0 Å². The molecule has 0 aliphatic heterocycles. The van der Waals surface area contributed by atoms with Crippen molar-refractivity contribution < 1.29 is 9.53 Å². The summed E-state index contributed by atoms with van der Waals surface area (Å²) >= 11 is 6.08. The third kappa shape index (κ3) is 4.29. The topological polar surface area (TPSA) is 114 Å². The number of carbonyl (C=O) groups excluding carboxylic acids is 1. The Morgan fingerprint density at radius 1 is 1.03 bits per heavy atom. The van der Waals surface area contributed by atoms with Gasteiger partial charge in [0.1, 0.15) is 17.8 Å². The van der Waals surface area contributed by atoms with Crippen molar-refractivity contribution in [1.82, 2.24) is 15.4 Å². The van der Waals surface area contributed by atoms with Gasteiger partial charge in [-0.3, -0.25) is 15.6 Å². The van der Waals surface area contributed by atoms with Crippen molar-refractivity contribution in [3.63, 3.8) is 0 Å². The SMILES string of the molecule is COc1ccc(Cl)cc1Nc1ncnc(NNC(=O)c2cccc3ccccc23)c1N. The van der Waals surface area contributed by atoms with Crippen LogP contribution in [-0.4, -0.2) is 23.0 Å². The number of fused-ring (bicyclic) bond motifs is 1. The van der Waals surface area contributed by atoms with E-state index in [1.165, 1.54) is 6.33 Å². The van der Waals surface area contributed by atoms with Crippen molar-refractivity contribution in [2.75, 3.05) is 23.6 Å². The summed E-state index contributed by atoms with van der Waals surface area (Å²) in [6.45, 7) is 0. The summed E-state index contributed by atoms with van der Waals surface area (Å²) in [5.41, 5.74) is 12.9. The van der Waals surface area contributed by atoms with Crippen LogP contribution in [0.25, 0.3) is 10.8 Å². The minimum atomic E-state index is -0.319. The highest BCUT2D eigenvalue weighted by Crippen LogP contribution is 2.32. The van der Waals surface area contributed by atoms with Crippen molar-refractivity contribution in [3.05, 3.63) is 77.6 Å². The van der Waals surface area contributed by atoms with Crippen molar-refractivity contribution in [2.45, 2.75) is 0 Å². The van der Waals surface area contributed by atoms with E-state index in [-0.39, 0.29) is 17.4 Å². The normalized spacial score (nSPS) is 10.5. The fourth-order valence-electron chi connectivity index (χ4n) is 3.11. The zero-order valence-corrected chi connectivity index (χ0v) is 17.3. The van der Waals surface area contributed by atoms with E-state index in [0.717, 1.165) is 10.8 Å². The minimum Gasteiger partial charge on any atom is -0.495 e. The van der Waals surface area contributed by atoms with Gasteiger partial charge in [0.2, 0.25) is 0 Å². The Labute approximate surface area is 183 Å². The smallest absolute Gasteiger partial charge is 0.270 e. The van der Waals surface area contributed by atoms with Gasteiger partial charge in [0, 0.05) is 10.6 Å². The van der Waals surface area contributed by atoms with Crippen LogP contribution in [0.2, 0.25) is 5.02 Å². The monoisotopic (exact) mass is 434 g/mol. The standard InChI is InChI=1S/C22H19ClN6O2/c1-31-18-10-9-14(23)11-17(18)27-20-19(24)21(26-12-25-20)28-29-22(30)16-8-4-6-13-5-2-3-7-15(13)16/h2-12H,24H2,1H3,(H,29,30)(H2,25,26,27,28). The number of rotatable bonds is 6. The number of hydrazine groups is 1. The van der Waals surface area contributed by atoms with E-state index in [4.69, 9.17) is 22.1 Å². The quantitative estimate of drug-likeness (QED) is 0.333. The predicted octanol–water partition coefficient (Wildman–Crippen LogP) is 4.37. The van der Waals surface area contributed by atoms with Crippen LogP contribution in [0, 0.1) is 0 Å². The van der Waals surface area contributed by atoms with Crippen molar-refractivity contribution in [1.29, 1.82) is 0 Å². The highest BCUT2D eigenvalue weighted by molar-refractivity contribution is 6.31. The number of benzene rings is 3. The molecule has 8 nitrogen and oxygen atoms in total. The van der Waals surface area contributed by atoms with E-state index < -0.39 is 0 Å². The molecule has 0 saturated carbocycles. The first kappa shape index (κ1) is 20.2. The number of aromatic nitrogens is 2. The zero-order valence-electron chi connectivity index (χ0n) is 16.5. The fourth-order valence-corrected chi connectivity index (χ4v) is 3.28. The van der Waals surface area contributed by atoms with Crippen LogP contribution in [0.5, 0.6) is 5.75 Å². The van der Waals surface area contributed by atoms with Crippen LogP contribution in [0.3, 0.4) is 0 Å². The van der Waals surface area contributed by atoms with Gasteiger partial charge in [-0.15, -0.1) is 0 Å². The molecular formula is C22H19ClN6O2. The first-order valence-corrected chi connectivity index (χ1v) is 9.70. The predicted molar refractivity (Wildman–Crippen MR) is 123 cm³/mol. The van der Waals surface area contributed by atoms with Gasteiger partial charge < -0.3 is 15.8 Å². The van der Waals surface area contributed by atoms with Crippen LogP contribution >= 0.6 is 11.6 Å². The molecule has 0 atom stereocenters. The van der Waals surface area contributed by atoms with Gasteiger partial charge in [0.05, 0.1) is 12.8 Å². The number of hydrogen-bond donors (Lipinski definition) is 4. The van der Waals surface area contributed by atoms with Crippen molar-refractivity contribution in [3.8, 4) is 5.75 Å². The molecule has 1 heterocycles. The highest BCUT2D eigenvalue weighted by atomic mass is 35.5. The first-order chi connectivity index (χ1) is 15.1. The van der Waals surface area contributed by atoms with Gasteiger partial charge in [-0.05, 0) is 35.0 Å². The molecule has 0 aliphatic rings. The van der Waals surface area contributed by atoms with E-state index >= 15 is 0 Å². The number of anilines is 4. The van der Waals surface area contributed by atoms with E-state index in [1.54, 1.807) is 31.4 Å². The van der Waals surface area contributed by atoms with Gasteiger partial charge in [-0.25, -0.2) is 9.97 Å². The summed E-state index contributed by atoms with van der Waals surface area (Å²) in [7, 11) is 1.55. The Hall–Kier alpha value is -4.04. The number of amides is 1. The molecule has 3 aromatic carbocycles. The van der Waals surface area contributed by atoms with E-state index in [0.29, 0.717) is 27.8 Å². The minimum absolute atomic E-state index is 0.211. The molecule has 0 radical (unpaired) electrons. The van der Waals surface area contributed by atoms with E-state index in [2.05, 4.69) is 26.1 Å². The average molecular weight is 435 g/mol. The van der Waals surface area contributed by atoms with Crippen molar-refractivity contribution in [2.24, 2.45) is 0 Å². The van der Waals surface area contributed by atoms with Gasteiger partial charge in [0.15, 0.2) is 11.6 Å². The number of ether oxygens (including phenoxy) is 1. The molecule has 0 unspecified atom stereocenters. The highest BCUT2D eigenvalue weighted by Gasteiger charge is 2.14. The number of methoxy groups -OCH3 is 1. The first-order valence-electron chi connectivity index (χ1n) is 9.32. The lowest BCUT2D eigenvalue weighted by Gasteiger charge is -2.15. The molecule has 4 aromatic rings. The molecule has 31 heavy (non-hydrogen) atoms. The third-order valence-electron chi connectivity index (χ3n) is 4.63. The summed E-state index contributed by atoms with van der Waals surface area (Å²) in [5.74, 6) is 0.826. The summed E-state index contributed by atoms with van der Waals surface area (Å²) in [6, 6.07) is 18.3. The number of nitrogens with one attached hydrogen (secondary N) is 3. The maximum atomic E-state index is 12.7. The lowest BCUT2D eigenvalue weighted by molar-refractivity contribution is 0.0964. The van der Waals surface area contributed by atoms with Gasteiger partial charge in [-0.2, -0.15) is 0 Å². The van der Waals surface area contributed by atoms with Crippen LogP contribution in [0.1, 0.15) is 10.4 Å². The number of carbonyl (C=O) groups is 1. The molecule has 0 bridgehead atoms. The zero-order chi connectivity index (χ0) is 21.8. The Morgan fingerprint density at radius 2 is 1.81 bits per heavy atom. The molecule has 0 saturated heterocycles.